The normalized spacial score (nSPS) is 22.7. The number of guanidine groups is 1. The highest BCUT2D eigenvalue weighted by Gasteiger charge is 2.43. The Morgan fingerprint density at radius 2 is 1.49 bits per heavy atom. The number of carbonyl (C=O) groups is 9. The van der Waals surface area contributed by atoms with Crippen molar-refractivity contribution < 1.29 is 43.2 Å². The Bertz CT molecular complexity index is 2910. The fourth-order valence-corrected chi connectivity index (χ4v) is 14.5. The number of nitrogens with one attached hydrogen (secondary N) is 8. The highest BCUT2D eigenvalue weighted by Crippen LogP contribution is 2.33. The molecule has 4 aromatic rings. The minimum absolute atomic E-state index is 0.0169. The lowest BCUT2D eigenvalue weighted by Gasteiger charge is -2.30. The minimum atomic E-state index is -1.34. The maximum absolute atomic E-state index is 14.9. The van der Waals surface area contributed by atoms with E-state index in [-0.39, 0.29) is 105 Å². The first-order chi connectivity index (χ1) is 40.5. The van der Waals surface area contributed by atoms with E-state index >= 15 is 0 Å². The molecule has 5 heterocycles. The molecule has 2 aromatic carbocycles. The number of benzene rings is 2. The topological polar surface area (TPSA) is 363 Å². The molecule has 28 heteroatoms. The Labute approximate surface area is 504 Å². The number of nitrogens with two attached hydrogens (primary N) is 3. The summed E-state index contributed by atoms with van der Waals surface area (Å²) in [7, 11) is 2.71. The molecular formula is C56H77N15O9S4. The molecule has 3 aliphatic heterocycles. The third-order valence-electron chi connectivity index (χ3n) is 14.6. The van der Waals surface area contributed by atoms with Gasteiger partial charge in [0, 0.05) is 96.0 Å². The number of amides is 10. The number of hydrogen-bond acceptors (Lipinski definition) is 15. The van der Waals surface area contributed by atoms with Gasteiger partial charge in [-0.2, -0.15) is 11.8 Å². The molecule has 2 aromatic heterocycles. The van der Waals surface area contributed by atoms with Crippen LogP contribution >= 0.6 is 44.7 Å². The second-order valence-corrected chi connectivity index (χ2v) is 25.9. The average Bonchev–Trinajstić information content (AvgIpc) is 4.31. The molecule has 8 atom stereocenters. The van der Waals surface area contributed by atoms with E-state index in [2.05, 4.69) is 52.2 Å². The molecule has 0 aliphatic carbocycles. The lowest BCUT2D eigenvalue weighted by Crippen LogP contribution is -2.60. The van der Waals surface area contributed by atoms with Crippen LogP contribution in [0.5, 0.6) is 0 Å². The zero-order chi connectivity index (χ0) is 60.0. The molecular weight excluding hydrogens is 1150 g/mol. The number of aromatic nitrogens is 2. The Kier molecular flexibility index (Phi) is 25.2. The van der Waals surface area contributed by atoms with Crippen molar-refractivity contribution in [3.63, 3.8) is 0 Å². The Hall–Kier alpha value is -7.04. The maximum atomic E-state index is 14.9. The zero-order valence-corrected chi connectivity index (χ0v) is 50.3. The largest absolute Gasteiger partial charge is 0.370 e. The van der Waals surface area contributed by atoms with Gasteiger partial charge in [-0.25, -0.2) is 4.79 Å². The first-order valence-electron chi connectivity index (χ1n) is 28.4. The Morgan fingerprint density at radius 3 is 2.23 bits per heavy atom. The quantitative estimate of drug-likeness (QED) is 0.0175. The Balaban J connectivity index is 1.17. The van der Waals surface area contributed by atoms with Crippen LogP contribution in [0.2, 0.25) is 0 Å². The van der Waals surface area contributed by atoms with Crippen LogP contribution < -0.4 is 54.4 Å². The van der Waals surface area contributed by atoms with E-state index in [1.165, 1.54) is 42.7 Å². The monoisotopic (exact) mass is 1230 g/mol. The number of aliphatic imine (C=N–C) groups is 1. The van der Waals surface area contributed by atoms with E-state index in [0.717, 1.165) is 35.9 Å². The van der Waals surface area contributed by atoms with Gasteiger partial charge in [0.1, 0.15) is 30.2 Å². The molecule has 7 rings (SSSR count). The fourth-order valence-electron chi connectivity index (χ4n) is 10.3. The van der Waals surface area contributed by atoms with Crippen molar-refractivity contribution in [2.45, 2.75) is 132 Å². The molecule has 0 unspecified atom stereocenters. The number of aromatic amines is 1. The summed E-state index contributed by atoms with van der Waals surface area (Å²) in [6.07, 6.45) is 7.31. The number of hydrogen-bond donors (Lipinski definition) is 11. The van der Waals surface area contributed by atoms with E-state index in [0.29, 0.717) is 35.3 Å². The van der Waals surface area contributed by atoms with Crippen LogP contribution in [0.1, 0.15) is 80.7 Å². The van der Waals surface area contributed by atoms with Crippen LogP contribution in [0.4, 0.5) is 4.79 Å². The molecule has 84 heavy (non-hydrogen) atoms. The average molecular weight is 1230 g/mol. The summed E-state index contributed by atoms with van der Waals surface area (Å²) in [6.45, 7) is 1.14. The zero-order valence-electron chi connectivity index (χ0n) is 47.0. The van der Waals surface area contributed by atoms with Gasteiger partial charge in [0.25, 0.3) is 0 Å². The number of rotatable bonds is 22. The van der Waals surface area contributed by atoms with Crippen molar-refractivity contribution >= 4 is 115 Å². The van der Waals surface area contributed by atoms with Crippen molar-refractivity contribution in [2.24, 2.45) is 22.2 Å². The second kappa shape index (κ2) is 32.9. The van der Waals surface area contributed by atoms with Gasteiger partial charge in [0.2, 0.25) is 47.3 Å². The van der Waals surface area contributed by atoms with Gasteiger partial charge >= 0.3 is 6.03 Å². The number of thioether (sulfide) groups is 1. The van der Waals surface area contributed by atoms with E-state index < -0.39 is 84.6 Å². The van der Waals surface area contributed by atoms with Gasteiger partial charge in [0.15, 0.2) is 5.96 Å². The van der Waals surface area contributed by atoms with Crippen LogP contribution in [0.3, 0.4) is 0 Å². The molecule has 0 radical (unpaired) electrons. The van der Waals surface area contributed by atoms with Gasteiger partial charge in [-0.15, -0.1) is 11.3 Å². The molecule has 0 bridgehead atoms. The summed E-state index contributed by atoms with van der Waals surface area (Å²) < 4.78 is 0. The number of nitrogens with zero attached hydrogens (tertiary/aromatic N) is 4. The van der Waals surface area contributed by atoms with E-state index in [4.69, 9.17) is 17.2 Å². The predicted molar refractivity (Wildman–Crippen MR) is 328 cm³/mol. The molecule has 3 aliphatic rings. The molecule has 0 saturated carbocycles. The summed E-state index contributed by atoms with van der Waals surface area (Å²) in [4.78, 5) is 141. The van der Waals surface area contributed by atoms with Crippen molar-refractivity contribution in [1.82, 2.24) is 57.0 Å². The number of carbonyl (C=O) groups excluding carboxylic acids is 9. The first kappa shape index (κ1) is 64.5. The highest BCUT2D eigenvalue weighted by molar-refractivity contribution is 8.76. The molecule has 14 N–H and O–H groups in total. The number of primary amides is 1. The third kappa shape index (κ3) is 19.8. The highest BCUT2D eigenvalue weighted by atomic mass is 33.1. The minimum Gasteiger partial charge on any atom is -0.370 e. The summed E-state index contributed by atoms with van der Waals surface area (Å²) in [6, 6.07) is 10.1. The van der Waals surface area contributed by atoms with Crippen molar-refractivity contribution in [3.8, 4) is 0 Å². The number of unbranched alkanes of at least 4 members (excludes halogenated alkanes) is 2. The van der Waals surface area contributed by atoms with Crippen LogP contribution in [-0.2, 0) is 57.6 Å². The number of fused-ring (bicyclic) bond motifs is 2. The summed E-state index contributed by atoms with van der Waals surface area (Å²) in [5, 5.41) is 21.4. The summed E-state index contributed by atoms with van der Waals surface area (Å²) in [5.74, 6) is -3.91. The number of thiazole rings is 1. The molecule has 454 valence electrons. The van der Waals surface area contributed by atoms with E-state index in [1.807, 2.05) is 31.2 Å². The predicted octanol–water partition coefficient (Wildman–Crippen LogP) is 1.58. The van der Waals surface area contributed by atoms with Crippen LogP contribution in [0.25, 0.3) is 10.9 Å². The maximum Gasteiger partial charge on any atom is 0.315 e. The number of H-pyrrole nitrogens is 1. The molecule has 10 amide bonds. The molecule has 0 spiro atoms. The van der Waals surface area contributed by atoms with E-state index in [9.17, 15) is 43.2 Å². The summed E-state index contributed by atoms with van der Waals surface area (Å²) >= 11 is 3.06. The number of para-hydroxylation sites is 1. The lowest BCUT2D eigenvalue weighted by molar-refractivity contribution is -0.140. The van der Waals surface area contributed by atoms with Crippen molar-refractivity contribution in [2.75, 3.05) is 50.0 Å². The third-order valence-corrected chi connectivity index (χ3v) is 19.3. The molecule has 3 saturated heterocycles. The lowest BCUT2D eigenvalue weighted by atomic mass is 10.0. The standard InChI is InChI=1S/C56H77N15O9S4/c1-2-3-15-40(63-47(73)19-10-9-18-45-49-44(32-81-45)68-56(80)69-49)53(78)71-22-24-84-83-23-21-70(30-46(57)72)54(79)43(26-35-28-62-38-16-8-7-14-37(35)38)67-50(75)39(17-11-20-61-55(58)59)65-51(76)41(25-34-12-5-4-6-13-34)66-52(77)42(64-48(74)31-71)27-36-29-60-33-82-36/h4-8,12-14,16,28-29,33,39-45,49,62H,2-3,9-11,15,17-27,30-32H2,1H3,(H2,57,72)(H,63,73)(H,64,74)(H,65,76)(H,66,77)(H,67,75)(H4,58,59,61)(H2,68,69,80)/t39-,40-,41+,42-,43-,44-,45-,49-/m0/s1. The van der Waals surface area contributed by atoms with Crippen molar-refractivity contribution in [3.05, 3.63) is 88.5 Å². The summed E-state index contributed by atoms with van der Waals surface area (Å²) in [5.41, 5.74) is 20.7. The van der Waals surface area contributed by atoms with Crippen LogP contribution in [0, 0.1) is 0 Å². The van der Waals surface area contributed by atoms with Gasteiger partial charge in [-0.05, 0) is 49.3 Å². The van der Waals surface area contributed by atoms with Gasteiger partial charge < -0.3 is 69.2 Å². The van der Waals surface area contributed by atoms with Crippen LogP contribution in [0.15, 0.2) is 77.5 Å². The van der Waals surface area contributed by atoms with Crippen molar-refractivity contribution in [1.29, 1.82) is 0 Å². The van der Waals surface area contributed by atoms with Gasteiger partial charge in [-0.3, -0.25) is 48.3 Å². The smallest absolute Gasteiger partial charge is 0.315 e. The van der Waals surface area contributed by atoms with Crippen LogP contribution in [-0.4, -0.2) is 177 Å². The molecule has 3 fully saturated rings. The molecule has 24 nitrogen and oxygen atoms in total. The SMILES string of the molecule is CCCC[C@H](NC(=O)CCCC[C@@H]1SC[C@@H]2NC(=O)N[C@@H]21)C(=O)N1CCSSCCN(CC(N)=O)C(=O)[C@H](Cc2c[nH]c3ccccc23)NC(=O)[C@H](CCCN=C(N)N)NC(=O)[C@@H](Cc2ccccc2)NC(=O)[C@H](Cc2cncs2)NC(=O)C1. The first-order valence-corrected chi connectivity index (χ1v) is 32.8. The Morgan fingerprint density at radius 1 is 0.774 bits per heavy atom. The number of urea groups is 1. The van der Waals surface area contributed by atoms with Gasteiger partial charge in [0.05, 0.1) is 30.7 Å². The van der Waals surface area contributed by atoms with Gasteiger partial charge in [-0.1, -0.05) is 96.3 Å². The fraction of sp³-hybridized carbons (Fsp3) is 0.518. The van der Waals surface area contributed by atoms with E-state index in [1.54, 1.807) is 60.0 Å². The second-order valence-electron chi connectivity index (χ2n) is 20.9.